The molecule has 0 fully saturated rings. The highest BCUT2D eigenvalue weighted by atomic mass is 79.9. The molecule has 1 amide bonds. The van der Waals surface area contributed by atoms with Crippen LogP contribution in [0.4, 0.5) is 14.5 Å². The number of amides is 1. The van der Waals surface area contributed by atoms with Crippen molar-refractivity contribution in [2.45, 2.75) is 20.1 Å². The van der Waals surface area contributed by atoms with Crippen LogP contribution in [-0.2, 0) is 6.54 Å². The summed E-state index contributed by atoms with van der Waals surface area (Å²) in [4.78, 5) is 12.5. The lowest BCUT2D eigenvalue weighted by molar-refractivity contribution is -0.0501. The average Bonchev–Trinajstić information content (AvgIpc) is 3.05. The molecule has 3 aromatic rings. The Balaban J connectivity index is 1.75. The zero-order valence-corrected chi connectivity index (χ0v) is 15.9. The maximum Gasteiger partial charge on any atom is 0.387 e. The van der Waals surface area contributed by atoms with E-state index in [0.717, 1.165) is 11.1 Å². The molecule has 2 aromatic carbocycles. The summed E-state index contributed by atoms with van der Waals surface area (Å²) in [6, 6.07) is 12.2. The normalized spacial score (nSPS) is 10.9. The smallest absolute Gasteiger partial charge is 0.387 e. The number of ether oxygens (including phenoxy) is 1. The fourth-order valence-electron chi connectivity index (χ4n) is 2.55. The van der Waals surface area contributed by atoms with Gasteiger partial charge in [-0.05, 0) is 36.2 Å². The van der Waals surface area contributed by atoms with Gasteiger partial charge in [0.05, 0.1) is 24.0 Å². The molecule has 0 saturated heterocycles. The van der Waals surface area contributed by atoms with Crippen LogP contribution >= 0.6 is 15.9 Å². The number of anilines is 1. The molecule has 0 spiro atoms. The predicted molar refractivity (Wildman–Crippen MR) is 101 cm³/mol. The lowest BCUT2D eigenvalue weighted by atomic mass is 10.1. The van der Waals surface area contributed by atoms with Gasteiger partial charge < -0.3 is 10.1 Å². The average molecular weight is 436 g/mol. The van der Waals surface area contributed by atoms with Gasteiger partial charge in [-0.1, -0.05) is 40.2 Å². The van der Waals surface area contributed by atoms with Crippen LogP contribution in [0.5, 0.6) is 5.75 Å². The number of halogens is 3. The van der Waals surface area contributed by atoms with E-state index in [4.69, 9.17) is 0 Å². The third kappa shape index (κ3) is 4.91. The molecule has 0 atom stereocenters. The summed E-state index contributed by atoms with van der Waals surface area (Å²) in [5.74, 6) is -0.764. The summed E-state index contributed by atoms with van der Waals surface area (Å²) in [6.07, 6.45) is 3.18. The molecule has 1 aromatic heterocycles. The Morgan fingerprint density at radius 3 is 2.81 bits per heavy atom. The van der Waals surface area contributed by atoms with Crippen molar-refractivity contribution in [3.8, 4) is 5.75 Å². The molecule has 0 unspecified atom stereocenters. The fraction of sp³-hybridized carbons (Fsp3) is 0.158. The van der Waals surface area contributed by atoms with Crippen LogP contribution in [0.2, 0.25) is 0 Å². The van der Waals surface area contributed by atoms with Crippen LogP contribution in [0, 0.1) is 6.92 Å². The van der Waals surface area contributed by atoms with Gasteiger partial charge in [-0.25, -0.2) is 0 Å². The van der Waals surface area contributed by atoms with Crippen molar-refractivity contribution in [3.05, 3.63) is 76.0 Å². The van der Waals surface area contributed by atoms with Crippen LogP contribution < -0.4 is 10.1 Å². The molecule has 0 aliphatic carbocycles. The zero-order chi connectivity index (χ0) is 19.4. The van der Waals surface area contributed by atoms with Gasteiger partial charge in [0, 0.05) is 10.7 Å². The van der Waals surface area contributed by atoms with Gasteiger partial charge in [-0.15, -0.1) is 0 Å². The van der Waals surface area contributed by atoms with Gasteiger partial charge in [-0.3, -0.25) is 9.48 Å². The van der Waals surface area contributed by atoms with E-state index in [2.05, 4.69) is 31.1 Å². The molecule has 27 heavy (non-hydrogen) atoms. The number of nitrogens with zero attached hydrogens (tertiary/aromatic N) is 2. The molecule has 0 saturated carbocycles. The number of hydrogen-bond acceptors (Lipinski definition) is 3. The number of nitrogens with one attached hydrogen (secondary N) is 1. The van der Waals surface area contributed by atoms with Gasteiger partial charge in [0.2, 0.25) is 0 Å². The molecule has 0 aliphatic heterocycles. The zero-order valence-electron chi connectivity index (χ0n) is 14.3. The van der Waals surface area contributed by atoms with Crippen molar-refractivity contribution in [1.29, 1.82) is 0 Å². The van der Waals surface area contributed by atoms with Gasteiger partial charge in [0.25, 0.3) is 5.91 Å². The molecule has 8 heteroatoms. The van der Waals surface area contributed by atoms with Crippen molar-refractivity contribution in [1.82, 2.24) is 9.78 Å². The van der Waals surface area contributed by atoms with Crippen LogP contribution in [0.1, 0.15) is 21.5 Å². The minimum Gasteiger partial charge on any atom is -0.434 e. The van der Waals surface area contributed by atoms with Crippen molar-refractivity contribution in [2.24, 2.45) is 0 Å². The Labute approximate surface area is 163 Å². The predicted octanol–water partition coefficient (Wildman–Crippen LogP) is 4.86. The lowest BCUT2D eigenvalue weighted by Crippen LogP contribution is -2.15. The molecule has 5 nitrogen and oxygen atoms in total. The Bertz CT molecular complexity index is 960. The van der Waals surface area contributed by atoms with Crippen molar-refractivity contribution in [2.75, 3.05) is 5.32 Å². The number of aryl methyl sites for hydroxylation is 1. The Kier molecular flexibility index (Phi) is 5.85. The van der Waals surface area contributed by atoms with Gasteiger partial charge in [0.15, 0.2) is 0 Å². The largest absolute Gasteiger partial charge is 0.434 e. The topological polar surface area (TPSA) is 56.2 Å². The van der Waals surface area contributed by atoms with Crippen LogP contribution in [0.25, 0.3) is 0 Å². The van der Waals surface area contributed by atoms with E-state index in [0.29, 0.717) is 16.7 Å². The third-order valence-corrected chi connectivity index (χ3v) is 4.38. The number of hydrogen-bond donors (Lipinski definition) is 1. The molecular formula is C19H16BrF2N3O2. The number of aromatic nitrogens is 2. The molecule has 0 bridgehead atoms. The second-order valence-electron chi connectivity index (χ2n) is 5.83. The standard InChI is InChI=1S/C19H16BrF2N3O2/c1-12-4-2-3-5-13(12)10-25-11-15(9-23-25)24-18(26)16-8-14(20)6-7-17(16)27-19(21)22/h2-9,11,19H,10H2,1H3,(H,24,26). The highest BCUT2D eigenvalue weighted by Crippen LogP contribution is 2.26. The van der Waals surface area contributed by atoms with E-state index in [-0.39, 0.29) is 11.3 Å². The summed E-state index contributed by atoms with van der Waals surface area (Å²) < 4.78 is 31.8. The first-order valence-electron chi connectivity index (χ1n) is 8.05. The molecule has 1 heterocycles. The van der Waals surface area contributed by atoms with E-state index in [1.54, 1.807) is 10.9 Å². The van der Waals surface area contributed by atoms with Gasteiger partial charge >= 0.3 is 6.61 Å². The molecule has 140 valence electrons. The maximum atomic E-state index is 12.6. The summed E-state index contributed by atoms with van der Waals surface area (Å²) in [7, 11) is 0. The SMILES string of the molecule is Cc1ccccc1Cn1cc(NC(=O)c2cc(Br)ccc2OC(F)F)cn1. The van der Waals surface area contributed by atoms with Crippen LogP contribution in [0.15, 0.2) is 59.3 Å². The summed E-state index contributed by atoms with van der Waals surface area (Å²) >= 11 is 3.22. The molecule has 0 radical (unpaired) electrons. The monoisotopic (exact) mass is 435 g/mol. The summed E-state index contributed by atoms with van der Waals surface area (Å²) in [5.41, 5.74) is 2.70. The number of benzene rings is 2. The second kappa shape index (κ2) is 8.30. The molecule has 0 aliphatic rings. The number of rotatable bonds is 6. The number of carbonyl (C=O) groups is 1. The van der Waals surface area contributed by atoms with E-state index in [1.807, 2.05) is 31.2 Å². The second-order valence-corrected chi connectivity index (χ2v) is 6.74. The van der Waals surface area contributed by atoms with E-state index in [1.165, 1.54) is 24.4 Å². The summed E-state index contributed by atoms with van der Waals surface area (Å²) in [6.45, 7) is -0.451. The van der Waals surface area contributed by atoms with E-state index >= 15 is 0 Å². The van der Waals surface area contributed by atoms with Crippen molar-refractivity contribution in [3.63, 3.8) is 0 Å². The molecule has 3 rings (SSSR count). The van der Waals surface area contributed by atoms with Crippen LogP contribution in [-0.4, -0.2) is 22.3 Å². The first-order valence-corrected chi connectivity index (χ1v) is 8.84. The highest BCUT2D eigenvalue weighted by Gasteiger charge is 2.17. The fourth-order valence-corrected chi connectivity index (χ4v) is 2.91. The first kappa shape index (κ1) is 19.0. The van der Waals surface area contributed by atoms with Gasteiger partial charge in [-0.2, -0.15) is 13.9 Å². The lowest BCUT2D eigenvalue weighted by Gasteiger charge is -2.10. The quantitative estimate of drug-likeness (QED) is 0.601. The Hall–Kier alpha value is -2.74. The van der Waals surface area contributed by atoms with E-state index < -0.39 is 12.5 Å². The van der Waals surface area contributed by atoms with Crippen molar-refractivity contribution < 1.29 is 18.3 Å². The third-order valence-electron chi connectivity index (χ3n) is 3.89. The minimum atomic E-state index is -3.02. The van der Waals surface area contributed by atoms with E-state index in [9.17, 15) is 13.6 Å². The minimum absolute atomic E-state index is 0.00340. The first-order chi connectivity index (χ1) is 12.9. The maximum absolute atomic E-state index is 12.6. The molecule has 1 N–H and O–H groups in total. The highest BCUT2D eigenvalue weighted by molar-refractivity contribution is 9.10. The Morgan fingerprint density at radius 2 is 2.07 bits per heavy atom. The number of carbonyl (C=O) groups excluding carboxylic acids is 1. The molecular weight excluding hydrogens is 420 g/mol. The van der Waals surface area contributed by atoms with Crippen LogP contribution in [0.3, 0.4) is 0 Å². The Morgan fingerprint density at radius 1 is 1.30 bits per heavy atom. The summed E-state index contributed by atoms with van der Waals surface area (Å²) in [5, 5.41) is 6.88. The van der Waals surface area contributed by atoms with Gasteiger partial charge in [0.1, 0.15) is 5.75 Å². The van der Waals surface area contributed by atoms with Crippen molar-refractivity contribution >= 4 is 27.5 Å². The number of alkyl halides is 2.